The van der Waals surface area contributed by atoms with E-state index >= 15 is 0 Å². The minimum atomic E-state index is -0.203. The Morgan fingerprint density at radius 2 is 1.62 bits per heavy atom. The van der Waals surface area contributed by atoms with E-state index in [1.807, 2.05) is 31.2 Å². The lowest BCUT2D eigenvalue weighted by Gasteiger charge is -2.34. The van der Waals surface area contributed by atoms with Crippen LogP contribution in [0.3, 0.4) is 0 Å². The second kappa shape index (κ2) is 15.7. The van der Waals surface area contributed by atoms with Crippen LogP contribution in [0.4, 0.5) is 5.95 Å². The average molecular weight is 657 g/mol. The van der Waals surface area contributed by atoms with Crippen molar-refractivity contribution < 1.29 is 19.1 Å². The number of piperidine rings is 1. The van der Waals surface area contributed by atoms with Gasteiger partial charge < -0.3 is 19.7 Å². The smallest absolute Gasteiger partial charge is 0.320 e. The van der Waals surface area contributed by atoms with Crippen molar-refractivity contribution in [2.24, 2.45) is 5.92 Å². The molecule has 3 aromatic rings. The maximum absolute atomic E-state index is 11.8. The molecule has 45 heavy (non-hydrogen) atoms. The third-order valence-electron chi connectivity index (χ3n) is 7.92. The van der Waals surface area contributed by atoms with Crippen LogP contribution in [-0.2, 0) is 20.9 Å². The number of nitrogens with one attached hydrogen (secondary N) is 1. The summed E-state index contributed by atoms with van der Waals surface area (Å²) in [6.07, 6.45) is 5.35. The summed E-state index contributed by atoms with van der Waals surface area (Å²) in [6, 6.07) is 9.34. The molecule has 0 saturated carbocycles. The van der Waals surface area contributed by atoms with E-state index in [0.717, 1.165) is 63.2 Å². The third-order valence-corrected chi connectivity index (χ3v) is 8.36. The van der Waals surface area contributed by atoms with Gasteiger partial charge in [-0.2, -0.15) is 0 Å². The zero-order chi connectivity index (χ0) is 31.8. The fraction of sp³-hybridized carbons (Fsp3) is 0.469. The molecule has 1 aromatic carbocycles. The maximum Gasteiger partial charge on any atom is 0.320 e. The highest BCUT2D eigenvalue weighted by molar-refractivity contribution is 6.35. The van der Waals surface area contributed by atoms with Gasteiger partial charge in [-0.25, -0.2) is 15.0 Å². The number of halogens is 2. The molecule has 0 radical (unpaired) electrons. The van der Waals surface area contributed by atoms with E-state index in [9.17, 15) is 9.59 Å². The SMILES string of the molecule is CCOC(=O)CN1CCN(c2ncc(Oc3cc(CN4CCC(CNC(C)=O)CC4)cc(-c4cc(Cl)cc(Cl)c4)n3)cn2)CC1. The lowest BCUT2D eigenvalue weighted by Crippen LogP contribution is -2.48. The molecule has 0 unspecified atom stereocenters. The van der Waals surface area contributed by atoms with Gasteiger partial charge in [0.05, 0.1) is 31.2 Å². The highest BCUT2D eigenvalue weighted by Gasteiger charge is 2.22. The van der Waals surface area contributed by atoms with Crippen LogP contribution in [-0.4, -0.2) is 95.6 Å². The van der Waals surface area contributed by atoms with Crippen LogP contribution >= 0.6 is 23.2 Å². The predicted octanol–water partition coefficient (Wildman–Crippen LogP) is 4.67. The van der Waals surface area contributed by atoms with E-state index in [0.29, 0.717) is 65.5 Å². The fourth-order valence-electron chi connectivity index (χ4n) is 5.59. The molecule has 2 aliphatic heterocycles. The summed E-state index contributed by atoms with van der Waals surface area (Å²) in [7, 11) is 0. The monoisotopic (exact) mass is 655 g/mol. The molecule has 240 valence electrons. The van der Waals surface area contributed by atoms with Gasteiger partial charge in [0.2, 0.25) is 17.7 Å². The number of carbonyl (C=O) groups is 2. The van der Waals surface area contributed by atoms with Crippen LogP contribution in [0.5, 0.6) is 11.6 Å². The number of rotatable bonds is 11. The lowest BCUT2D eigenvalue weighted by atomic mass is 9.96. The van der Waals surface area contributed by atoms with Gasteiger partial charge in [0.1, 0.15) is 0 Å². The summed E-state index contributed by atoms with van der Waals surface area (Å²) >= 11 is 12.6. The highest BCUT2D eigenvalue weighted by atomic mass is 35.5. The second-order valence-electron chi connectivity index (χ2n) is 11.4. The fourth-order valence-corrected chi connectivity index (χ4v) is 6.11. The molecule has 1 N–H and O–H groups in total. The predicted molar refractivity (Wildman–Crippen MR) is 174 cm³/mol. The molecule has 13 heteroatoms. The standard InChI is InChI=1S/C32H39Cl2N7O4/c1-3-44-31(43)21-40-8-10-41(11-9-40)32-36-18-28(19-37-32)45-30-13-24(12-29(38-30)25-14-26(33)16-27(34)15-25)20-39-6-4-23(5-7-39)17-35-22(2)42/h12-16,18-19,23H,3-11,17,20-21H2,1-2H3,(H,35,42). The average Bonchev–Trinajstić information content (AvgIpc) is 3.01. The first-order chi connectivity index (χ1) is 21.7. The van der Waals surface area contributed by atoms with Gasteiger partial charge in [-0.05, 0) is 68.6 Å². The highest BCUT2D eigenvalue weighted by Crippen LogP contribution is 2.31. The molecular weight excluding hydrogens is 617 g/mol. The van der Waals surface area contributed by atoms with Gasteiger partial charge >= 0.3 is 5.97 Å². The van der Waals surface area contributed by atoms with E-state index in [1.54, 1.807) is 25.4 Å². The number of anilines is 1. The van der Waals surface area contributed by atoms with E-state index in [1.165, 1.54) is 0 Å². The first kappa shape index (κ1) is 32.9. The number of aromatic nitrogens is 3. The molecule has 1 amide bonds. The minimum absolute atomic E-state index is 0.0149. The van der Waals surface area contributed by atoms with Gasteiger partial charge in [-0.3, -0.25) is 19.4 Å². The van der Waals surface area contributed by atoms with Gasteiger partial charge in [0, 0.05) is 67.9 Å². The largest absolute Gasteiger partial charge is 0.465 e. The Kier molecular flexibility index (Phi) is 11.4. The first-order valence-electron chi connectivity index (χ1n) is 15.3. The molecule has 2 aromatic heterocycles. The maximum atomic E-state index is 11.8. The second-order valence-corrected chi connectivity index (χ2v) is 12.3. The first-order valence-corrected chi connectivity index (χ1v) is 16.1. The molecule has 0 aliphatic carbocycles. The van der Waals surface area contributed by atoms with E-state index in [4.69, 9.17) is 37.7 Å². The molecule has 11 nitrogen and oxygen atoms in total. The zero-order valence-electron chi connectivity index (χ0n) is 25.7. The molecule has 5 rings (SSSR count). The number of pyridine rings is 1. The Bertz CT molecular complexity index is 1440. The quantitative estimate of drug-likeness (QED) is 0.292. The van der Waals surface area contributed by atoms with Crippen molar-refractivity contribution in [1.29, 1.82) is 0 Å². The van der Waals surface area contributed by atoms with Gasteiger partial charge in [0.15, 0.2) is 5.75 Å². The number of hydrogen-bond donors (Lipinski definition) is 1. The van der Waals surface area contributed by atoms with Crippen LogP contribution in [0.1, 0.15) is 32.3 Å². The normalized spacial score (nSPS) is 16.4. The topological polar surface area (TPSA) is 113 Å². The van der Waals surface area contributed by atoms with Crippen molar-refractivity contribution in [2.75, 3.05) is 63.9 Å². The van der Waals surface area contributed by atoms with Gasteiger partial charge in [0.25, 0.3) is 0 Å². The number of piperazine rings is 1. The van der Waals surface area contributed by atoms with Crippen molar-refractivity contribution >= 4 is 41.0 Å². The Morgan fingerprint density at radius 3 is 2.27 bits per heavy atom. The number of hydrogen-bond acceptors (Lipinski definition) is 10. The Labute approximate surface area is 273 Å². The number of ether oxygens (including phenoxy) is 2. The van der Waals surface area contributed by atoms with Crippen molar-refractivity contribution in [3.05, 3.63) is 58.3 Å². The van der Waals surface area contributed by atoms with Crippen molar-refractivity contribution in [2.45, 2.75) is 33.2 Å². The van der Waals surface area contributed by atoms with Crippen LogP contribution < -0.4 is 15.0 Å². The summed E-state index contributed by atoms with van der Waals surface area (Å²) in [5, 5.41) is 4.00. The van der Waals surface area contributed by atoms with Crippen LogP contribution in [0.2, 0.25) is 10.0 Å². The molecule has 0 spiro atoms. The molecule has 2 fully saturated rings. The summed E-state index contributed by atoms with van der Waals surface area (Å²) in [6.45, 7) is 10.2. The molecule has 2 saturated heterocycles. The van der Waals surface area contributed by atoms with Crippen LogP contribution in [0.15, 0.2) is 42.7 Å². The number of amides is 1. The van der Waals surface area contributed by atoms with Crippen molar-refractivity contribution in [1.82, 2.24) is 30.1 Å². The Hall–Kier alpha value is -3.51. The Morgan fingerprint density at radius 1 is 0.933 bits per heavy atom. The number of carbonyl (C=O) groups excluding carboxylic acids is 2. The van der Waals surface area contributed by atoms with Crippen LogP contribution in [0, 0.1) is 5.92 Å². The van der Waals surface area contributed by atoms with E-state index in [2.05, 4.69) is 30.0 Å². The lowest BCUT2D eigenvalue weighted by molar-refractivity contribution is -0.144. The summed E-state index contributed by atoms with van der Waals surface area (Å²) in [5.74, 6) is 1.80. The van der Waals surface area contributed by atoms with Crippen LogP contribution in [0.25, 0.3) is 11.3 Å². The number of esters is 1. The zero-order valence-corrected chi connectivity index (χ0v) is 27.2. The molecule has 0 bridgehead atoms. The van der Waals surface area contributed by atoms with Gasteiger partial charge in [-0.1, -0.05) is 23.2 Å². The third kappa shape index (κ3) is 9.74. The molecule has 0 atom stereocenters. The minimum Gasteiger partial charge on any atom is -0.465 e. The number of benzene rings is 1. The molecular formula is C32H39Cl2N7O4. The van der Waals surface area contributed by atoms with E-state index in [-0.39, 0.29) is 11.9 Å². The van der Waals surface area contributed by atoms with Gasteiger partial charge in [-0.15, -0.1) is 0 Å². The Balaban J connectivity index is 1.26. The van der Waals surface area contributed by atoms with Crippen molar-refractivity contribution in [3.63, 3.8) is 0 Å². The molecule has 2 aliphatic rings. The summed E-state index contributed by atoms with van der Waals surface area (Å²) < 4.78 is 11.3. The van der Waals surface area contributed by atoms with Crippen molar-refractivity contribution in [3.8, 4) is 22.9 Å². The summed E-state index contributed by atoms with van der Waals surface area (Å²) in [4.78, 5) is 43.6. The number of likely N-dealkylation sites (tertiary alicyclic amines) is 1. The van der Waals surface area contributed by atoms with E-state index < -0.39 is 0 Å². The summed E-state index contributed by atoms with van der Waals surface area (Å²) in [5.41, 5.74) is 2.54. The number of nitrogens with zero attached hydrogens (tertiary/aromatic N) is 6. The molecule has 4 heterocycles.